The predicted molar refractivity (Wildman–Crippen MR) is 73.7 cm³/mol. The number of amides is 1. The summed E-state index contributed by atoms with van der Waals surface area (Å²) in [6, 6.07) is 1.47. The van der Waals surface area contributed by atoms with Gasteiger partial charge in [-0.1, -0.05) is 18.5 Å². The first-order chi connectivity index (χ1) is 9.11. The van der Waals surface area contributed by atoms with Crippen molar-refractivity contribution in [2.24, 2.45) is 0 Å². The summed E-state index contributed by atoms with van der Waals surface area (Å²) >= 11 is 6.02. The minimum absolute atomic E-state index is 0.0165. The van der Waals surface area contributed by atoms with Gasteiger partial charge in [0.05, 0.1) is 17.7 Å². The Labute approximate surface area is 116 Å². The molecule has 0 radical (unpaired) electrons. The van der Waals surface area contributed by atoms with Crippen LogP contribution in [0.2, 0.25) is 5.02 Å². The van der Waals surface area contributed by atoms with Crippen molar-refractivity contribution in [3.05, 3.63) is 27.6 Å². The second kappa shape index (κ2) is 6.21. The molecule has 6 heteroatoms. The Balaban J connectivity index is 2.33. The lowest BCUT2D eigenvalue weighted by molar-refractivity contribution is -0.115. The van der Waals surface area contributed by atoms with Gasteiger partial charge in [-0.05, 0) is 18.9 Å². The molecule has 0 saturated carbocycles. The van der Waals surface area contributed by atoms with Crippen LogP contribution in [0.15, 0.2) is 17.1 Å². The fraction of sp³-hybridized carbons (Fsp3) is 0.538. The fourth-order valence-corrected chi connectivity index (χ4v) is 2.32. The molecule has 5 nitrogen and oxygen atoms in total. The molecule has 1 unspecified atom stereocenters. The van der Waals surface area contributed by atoms with Gasteiger partial charge >= 0.3 is 0 Å². The summed E-state index contributed by atoms with van der Waals surface area (Å²) in [5.41, 5.74) is -0.00776. The summed E-state index contributed by atoms with van der Waals surface area (Å²) in [7, 11) is 0. The average Bonchev–Trinajstić information content (AvgIpc) is 2.43. The summed E-state index contributed by atoms with van der Waals surface area (Å²) in [5, 5.41) is 3.01. The number of pyridine rings is 1. The third kappa shape index (κ3) is 3.36. The van der Waals surface area contributed by atoms with Gasteiger partial charge in [-0.2, -0.15) is 0 Å². The molecule has 1 N–H and O–H groups in total. The molecule has 19 heavy (non-hydrogen) atoms. The van der Waals surface area contributed by atoms with Crippen molar-refractivity contribution < 1.29 is 9.53 Å². The van der Waals surface area contributed by atoms with Crippen LogP contribution in [0, 0.1) is 0 Å². The Hall–Kier alpha value is -1.33. The fourth-order valence-electron chi connectivity index (χ4n) is 2.11. The van der Waals surface area contributed by atoms with E-state index in [9.17, 15) is 9.59 Å². The summed E-state index contributed by atoms with van der Waals surface area (Å²) < 4.78 is 6.95. The van der Waals surface area contributed by atoms with E-state index in [4.69, 9.17) is 16.3 Å². The molecule has 1 aromatic rings. The summed E-state index contributed by atoms with van der Waals surface area (Å²) in [6.45, 7) is 2.96. The highest BCUT2D eigenvalue weighted by Gasteiger charge is 2.19. The topological polar surface area (TPSA) is 60.3 Å². The maximum absolute atomic E-state index is 12.3. The largest absolute Gasteiger partial charge is 0.379 e. The molecular formula is C13H17ClN2O3. The molecule has 104 valence electrons. The molecule has 0 aromatic carbocycles. The second-order valence-corrected chi connectivity index (χ2v) is 4.99. The first-order valence-electron chi connectivity index (χ1n) is 6.41. The maximum atomic E-state index is 12.3. The number of hydrogen-bond acceptors (Lipinski definition) is 3. The number of aromatic nitrogens is 1. The number of nitrogens with one attached hydrogen (secondary N) is 1. The lowest BCUT2D eigenvalue weighted by Gasteiger charge is -2.24. The van der Waals surface area contributed by atoms with Gasteiger partial charge < -0.3 is 14.6 Å². The van der Waals surface area contributed by atoms with Crippen molar-refractivity contribution in [1.29, 1.82) is 0 Å². The maximum Gasteiger partial charge on any atom is 0.274 e. The van der Waals surface area contributed by atoms with Gasteiger partial charge in [0, 0.05) is 19.2 Å². The molecule has 1 aliphatic heterocycles. The Kier molecular flexibility index (Phi) is 4.61. The van der Waals surface area contributed by atoms with E-state index in [1.165, 1.54) is 6.07 Å². The molecule has 1 aliphatic rings. The van der Waals surface area contributed by atoms with Crippen LogP contribution >= 0.6 is 11.6 Å². The van der Waals surface area contributed by atoms with Crippen LogP contribution in [-0.2, 0) is 9.53 Å². The quantitative estimate of drug-likeness (QED) is 0.926. The molecule has 2 rings (SSSR count). The predicted octanol–water partition coefficient (Wildman–Crippen LogP) is 2.20. The Bertz CT molecular complexity index is 521. The van der Waals surface area contributed by atoms with Crippen LogP contribution < -0.4 is 10.9 Å². The third-order valence-electron chi connectivity index (χ3n) is 3.13. The minimum atomic E-state index is -0.235. The minimum Gasteiger partial charge on any atom is -0.379 e. The van der Waals surface area contributed by atoms with Crippen LogP contribution in [0.5, 0.6) is 0 Å². The molecule has 0 spiro atoms. The number of carbonyl (C=O) groups is 1. The van der Waals surface area contributed by atoms with Crippen LogP contribution in [0.4, 0.5) is 5.69 Å². The first kappa shape index (κ1) is 14.1. The zero-order valence-electron chi connectivity index (χ0n) is 10.8. The van der Waals surface area contributed by atoms with Crippen LogP contribution in [-0.4, -0.2) is 23.7 Å². The van der Waals surface area contributed by atoms with Crippen molar-refractivity contribution in [1.82, 2.24) is 4.57 Å². The number of anilines is 1. The van der Waals surface area contributed by atoms with Gasteiger partial charge in [0.15, 0.2) is 0 Å². The average molecular weight is 285 g/mol. The zero-order chi connectivity index (χ0) is 13.8. The third-order valence-corrected chi connectivity index (χ3v) is 3.34. The van der Waals surface area contributed by atoms with Crippen molar-refractivity contribution in [2.75, 3.05) is 18.5 Å². The van der Waals surface area contributed by atoms with Gasteiger partial charge in [0.2, 0.25) is 5.91 Å². The van der Waals surface area contributed by atoms with E-state index in [1.54, 1.807) is 17.7 Å². The highest BCUT2D eigenvalue weighted by molar-refractivity contribution is 6.30. The summed E-state index contributed by atoms with van der Waals surface area (Å²) in [6.07, 6.45) is 3.71. The van der Waals surface area contributed by atoms with Gasteiger partial charge in [-0.3, -0.25) is 9.59 Å². The van der Waals surface area contributed by atoms with Crippen LogP contribution in [0.25, 0.3) is 0 Å². The van der Waals surface area contributed by atoms with E-state index < -0.39 is 0 Å². The van der Waals surface area contributed by atoms with Gasteiger partial charge in [0.25, 0.3) is 5.56 Å². The van der Waals surface area contributed by atoms with Gasteiger partial charge in [-0.25, -0.2) is 0 Å². The van der Waals surface area contributed by atoms with Gasteiger partial charge in [-0.15, -0.1) is 0 Å². The smallest absolute Gasteiger partial charge is 0.274 e. The normalized spacial score (nSPS) is 19.2. The van der Waals surface area contributed by atoms with E-state index in [0.717, 1.165) is 19.4 Å². The Morgan fingerprint density at radius 2 is 2.42 bits per heavy atom. The van der Waals surface area contributed by atoms with Crippen LogP contribution in [0.3, 0.4) is 0 Å². The SMILES string of the molecule is CCC(=O)Nc1cc(Cl)cn(C2CCCOC2)c1=O. The van der Waals surface area contributed by atoms with E-state index in [0.29, 0.717) is 18.1 Å². The highest BCUT2D eigenvalue weighted by Crippen LogP contribution is 2.21. The van der Waals surface area contributed by atoms with Gasteiger partial charge in [0.1, 0.15) is 5.69 Å². The first-order valence-corrected chi connectivity index (χ1v) is 6.79. The monoisotopic (exact) mass is 284 g/mol. The molecular weight excluding hydrogens is 268 g/mol. The van der Waals surface area contributed by atoms with Crippen molar-refractivity contribution >= 4 is 23.2 Å². The number of carbonyl (C=O) groups excluding carboxylic acids is 1. The molecule has 0 bridgehead atoms. The van der Waals surface area contributed by atoms with E-state index in [2.05, 4.69) is 5.32 Å². The number of hydrogen-bond donors (Lipinski definition) is 1. The van der Waals surface area contributed by atoms with E-state index in [-0.39, 0.29) is 23.2 Å². The number of rotatable bonds is 3. The number of halogens is 1. The second-order valence-electron chi connectivity index (χ2n) is 4.56. The van der Waals surface area contributed by atoms with Crippen molar-refractivity contribution in [3.8, 4) is 0 Å². The summed E-state index contributed by atoms with van der Waals surface area (Å²) in [5.74, 6) is -0.203. The molecule has 1 amide bonds. The molecule has 1 saturated heterocycles. The highest BCUT2D eigenvalue weighted by atomic mass is 35.5. The molecule has 0 aliphatic carbocycles. The van der Waals surface area contributed by atoms with Crippen LogP contribution in [0.1, 0.15) is 32.2 Å². The Morgan fingerprint density at radius 1 is 1.63 bits per heavy atom. The zero-order valence-corrected chi connectivity index (χ0v) is 11.6. The molecule has 1 aromatic heterocycles. The molecule has 2 heterocycles. The lowest BCUT2D eigenvalue weighted by atomic mass is 10.1. The molecule has 1 fully saturated rings. The molecule has 1 atom stereocenters. The lowest BCUT2D eigenvalue weighted by Crippen LogP contribution is -2.32. The summed E-state index contributed by atoms with van der Waals surface area (Å²) in [4.78, 5) is 23.7. The Morgan fingerprint density at radius 3 is 3.05 bits per heavy atom. The number of nitrogens with zero attached hydrogens (tertiary/aromatic N) is 1. The van der Waals surface area contributed by atoms with Crippen molar-refractivity contribution in [2.45, 2.75) is 32.2 Å². The standard InChI is InChI=1S/C13H17ClN2O3/c1-2-12(17)15-11-6-9(14)7-16(13(11)18)10-4-3-5-19-8-10/h6-7,10H,2-5,8H2,1H3,(H,15,17). The van der Waals surface area contributed by atoms with E-state index in [1.807, 2.05) is 0 Å². The van der Waals surface area contributed by atoms with E-state index >= 15 is 0 Å². The number of ether oxygens (including phenoxy) is 1. The van der Waals surface area contributed by atoms with Crippen molar-refractivity contribution in [3.63, 3.8) is 0 Å².